The second-order valence-electron chi connectivity index (χ2n) is 4.27. The van der Waals surface area contributed by atoms with E-state index in [9.17, 15) is 5.11 Å². The highest BCUT2D eigenvalue weighted by Gasteiger charge is 2.20. The first kappa shape index (κ1) is 10.5. The Morgan fingerprint density at radius 1 is 1.40 bits per heavy atom. The lowest BCUT2D eigenvalue weighted by molar-refractivity contribution is 0.198. The molecule has 3 N–H and O–H groups in total. The molecule has 0 radical (unpaired) electrons. The molecule has 0 saturated carbocycles. The molecule has 0 aromatic heterocycles. The highest BCUT2D eigenvalue weighted by molar-refractivity contribution is 5.49. The van der Waals surface area contributed by atoms with Crippen molar-refractivity contribution in [2.75, 3.05) is 18.0 Å². The van der Waals surface area contributed by atoms with Crippen LogP contribution in [0.2, 0.25) is 0 Å². The molecule has 0 aliphatic carbocycles. The molecule has 0 amide bonds. The van der Waals surface area contributed by atoms with E-state index in [1.54, 1.807) is 0 Å². The van der Waals surface area contributed by atoms with E-state index in [-0.39, 0.29) is 12.1 Å². The van der Waals surface area contributed by atoms with E-state index < -0.39 is 0 Å². The van der Waals surface area contributed by atoms with Crippen molar-refractivity contribution in [2.24, 2.45) is 5.73 Å². The number of aliphatic hydroxyl groups excluding tert-OH is 1. The quantitative estimate of drug-likeness (QED) is 0.766. The van der Waals surface area contributed by atoms with Crippen LogP contribution in [-0.4, -0.2) is 24.3 Å². The lowest BCUT2D eigenvalue weighted by Gasteiger charge is -2.18. The van der Waals surface area contributed by atoms with Crippen LogP contribution < -0.4 is 10.6 Å². The summed E-state index contributed by atoms with van der Waals surface area (Å²) in [5, 5.41) is 9.44. The molecular formula is C12H18N2O. The van der Waals surface area contributed by atoms with Gasteiger partial charge in [-0.25, -0.2) is 0 Å². The van der Waals surface area contributed by atoms with E-state index >= 15 is 0 Å². The number of rotatable bonds is 2. The number of hydrogen-bond donors (Lipinski definition) is 2. The summed E-state index contributed by atoms with van der Waals surface area (Å²) in [6.45, 7) is 3.67. The van der Waals surface area contributed by atoms with Crippen molar-refractivity contribution in [1.29, 1.82) is 0 Å². The predicted molar refractivity (Wildman–Crippen MR) is 61.9 cm³/mol. The Kier molecular flexibility index (Phi) is 2.93. The van der Waals surface area contributed by atoms with Crippen LogP contribution in [0.15, 0.2) is 24.3 Å². The van der Waals surface area contributed by atoms with Crippen LogP contribution in [0, 0.1) is 0 Å². The van der Waals surface area contributed by atoms with Gasteiger partial charge >= 0.3 is 0 Å². The minimum Gasteiger partial charge on any atom is -0.391 e. The Morgan fingerprint density at radius 2 is 2.07 bits per heavy atom. The van der Waals surface area contributed by atoms with E-state index in [0.717, 1.165) is 25.1 Å². The van der Waals surface area contributed by atoms with Gasteiger partial charge in [0.25, 0.3) is 0 Å². The van der Waals surface area contributed by atoms with Gasteiger partial charge in [0, 0.05) is 24.8 Å². The molecule has 0 bridgehead atoms. The van der Waals surface area contributed by atoms with Crippen LogP contribution in [0.25, 0.3) is 0 Å². The molecule has 0 spiro atoms. The van der Waals surface area contributed by atoms with E-state index in [0.29, 0.717) is 0 Å². The summed E-state index contributed by atoms with van der Waals surface area (Å²) >= 11 is 0. The number of hydrogen-bond acceptors (Lipinski definition) is 3. The number of β-amino-alcohol motifs (C(OH)–C–C–N with tert-alkyl or cyclic N) is 1. The van der Waals surface area contributed by atoms with E-state index in [4.69, 9.17) is 5.73 Å². The highest BCUT2D eigenvalue weighted by atomic mass is 16.3. The number of benzene rings is 1. The number of nitrogens with two attached hydrogens (primary N) is 1. The van der Waals surface area contributed by atoms with Gasteiger partial charge in [0.1, 0.15) is 0 Å². The number of anilines is 1. The van der Waals surface area contributed by atoms with Crippen LogP contribution >= 0.6 is 0 Å². The Hall–Kier alpha value is -1.06. The zero-order valence-corrected chi connectivity index (χ0v) is 9.06. The molecule has 1 aliphatic rings. The average molecular weight is 206 g/mol. The van der Waals surface area contributed by atoms with Gasteiger partial charge < -0.3 is 15.7 Å². The lowest BCUT2D eigenvalue weighted by atomic mass is 10.1. The molecule has 1 heterocycles. The Balaban J connectivity index is 2.10. The fourth-order valence-electron chi connectivity index (χ4n) is 1.97. The fraction of sp³-hybridized carbons (Fsp3) is 0.500. The van der Waals surface area contributed by atoms with Crippen molar-refractivity contribution in [3.8, 4) is 0 Å². The first-order chi connectivity index (χ1) is 7.16. The first-order valence-electron chi connectivity index (χ1n) is 5.45. The maximum atomic E-state index is 9.44. The standard InChI is InChI=1S/C12H18N2O/c1-9(13)10-2-4-11(5-3-10)14-7-6-12(15)8-14/h2-5,9,12,15H,6-8,13H2,1H3. The Labute approximate surface area is 90.5 Å². The Morgan fingerprint density at radius 3 is 2.53 bits per heavy atom. The molecule has 2 atom stereocenters. The number of aliphatic hydroxyl groups is 1. The van der Waals surface area contributed by atoms with Gasteiger partial charge in [-0.05, 0) is 31.0 Å². The topological polar surface area (TPSA) is 49.5 Å². The fourth-order valence-corrected chi connectivity index (χ4v) is 1.97. The molecule has 3 nitrogen and oxygen atoms in total. The van der Waals surface area contributed by atoms with Gasteiger partial charge in [-0.15, -0.1) is 0 Å². The van der Waals surface area contributed by atoms with E-state index in [1.807, 2.05) is 6.92 Å². The maximum Gasteiger partial charge on any atom is 0.0731 e. The van der Waals surface area contributed by atoms with Crippen molar-refractivity contribution in [3.05, 3.63) is 29.8 Å². The monoisotopic (exact) mass is 206 g/mol. The van der Waals surface area contributed by atoms with Gasteiger partial charge in [-0.3, -0.25) is 0 Å². The van der Waals surface area contributed by atoms with Gasteiger partial charge in [0.2, 0.25) is 0 Å². The van der Waals surface area contributed by atoms with Crippen molar-refractivity contribution < 1.29 is 5.11 Å². The summed E-state index contributed by atoms with van der Waals surface area (Å²) in [5.74, 6) is 0. The molecular weight excluding hydrogens is 188 g/mol. The molecule has 1 saturated heterocycles. The minimum atomic E-state index is -0.168. The van der Waals surface area contributed by atoms with E-state index in [1.165, 1.54) is 5.69 Å². The predicted octanol–water partition coefficient (Wildman–Crippen LogP) is 1.28. The summed E-state index contributed by atoms with van der Waals surface area (Å²) in [4.78, 5) is 2.20. The van der Waals surface area contributed by atoms with Gasteiger partial charge in [0.05, 0.1) is 6.10 Å². The zero-order valence-electron chi connectivity index (χ0n) is 9.06. The molecule has 2 rings (SSSR count). The average Bonchev–Trinajstić information content (AvgIpc) is 2.65. The molecule has 1 aliphatic heterocycles. The molecule has 1 aromatic carbocycles. The smallest absolute Gasteiger partial charge is 0.0731 e. The van der Waals surface area contributed by atoms with Crippen molar-refractivity contribution >= 4 is 5.69 Å². The maximum absolute atomic E-state index is 9.44. The lowest BCUT2D eigenvalue weighted by Crippen LogP contribution is -2.21. The van der Waals surface area contributed by atoms with Gasteiger partial charge in [-0.2, -0.15) is 0 Å². The third-order valence-electron chi connectivity index (χ3n) is 2.95. The summed E-state index contributed by atoms with van der Waals surface area (Å²) < 4.78 is 0. The third-order valence-corrected chi connectivity index (χ3v) is 2.95. The minimum absolute atomic E-state index is 0.0863. The molecule has 82 valence electrons. The third kappa shape index (κ3) is 2.30. The van der Waals surface area contributed by atoms with E-state index in [2.05, 4.69) is 29.2 Å². The first-order valence-corrected chi connectivity index (χ1v) is 5.45. The normalized spacial score (nSPS) is 23.1. The summed E-state index contributed by atoms with van der Waals surface area (Å²) in [6.07, 6.45) is 0.702. The second-order valence-corrected chi connectivity index (χ2v) is 4.27. The van der Waals surface area contributed by atoms with Crippen molar-refractivity contribution in [3.63, 3.8) is 0 Å². The largest absolute Gasteiger partial charge is 0.391 e. The van der Waals surface area contributed by atoms with Crippen LogP contribution in [0.4, 0.5) is 5.69 Å². The number of nitrogens with zero attached hydrogens (tertiary/aromatic N) is 1. The van der Waals surface area contributed by atoms with Crippen LogP contribution in [0.5, 0.6) is 0 Å². The summed E-state index contributed by atoms with van der Waals surface area (Å²) in [7, 11) is 0. The summed E-state index contributed by atoms with van der Waals surface area (Å²) in [5.41, 5.74) is 8.11. The molecule has 2 unspecified atom stereocenters. The van der Waals surface area contributed by atoms with Crippen LogP contribution in [0.3, 0.4) is 0 Å². The van der Waals surface area contributed by atoms with Crippen LogP contribution in [0.1, 0.15) is 24.9 Å². The van der Waals surface area contributed by atoms with Crippen LogP contribution in [-0.2, 0) is 0 Å². The SMILES string of the molecule is CC(N)c1ccc(N2CCC(O)C2)cc1. The zero-order chi connectivity index (χ0) is 10.8. The molecule has 1 aromatic rings. The molecule has 3 heteroatoms. The van der Waals surface area contributed by atoms with Crippen molar-refractivity contribution in [2.45, 2.75) is 25.5 Å². The highest BCUT2D eigenvalue weighted by Crippen LogP contribution is 2.22. The molecule has 1 fully saturated rings. The van der Waals surface area contributed by atoms with Gasteiger partial charge in [0.15, 0.2) is 0 Å². The Bertz CT molecular complexity index is 321. The second kappa shape index (κ2) is 4.21. The van der Waals surface area contributed by atoms with Gasteiger partial charge in [-0.1, -0.05) is 12.1 Å². The van der Waals surface area contributed by atoms with Crippen molar-refractivity contribution in [1.82, 2.24) is 0 Å². The molecule has 15 heavy (non-hydrogen) atoms. The summed E-state index contributed by atoms with van der Waals surface area (Å²) in [6, 6.07) is 8.37.